The number of aromatic nitrogens is 1. The van der Waals surface area contributed by atoms with E-state index < -0.39 is 10.0 Å². The van der Waals surface area contributed by atoms with E-state index in [1.807, 2.05) is 0 Å². The maximum atomic E-state index is 12.1. The summed E-state index contributed by atoms with van der Waals surface area (Å²) >= 11 is 1.08. The van der Waals surface area contributed by atoms with Crippen LogP contribution in [-0.4, -0.2) is 20.7 Å². The van der Waals surface area contributed by atoms with E-state index in [9.17, 15) is 8.42 Å². The quantitative estimate of drug-likeness (QED) is 0.754. The van der Waals surface area contributed by atoms with Gasteiger partial charge in [-0.3, -0.25) is 0 Å². The molecule has 0 atom stereocenters. The molecule has 0 aromatic carbocycles. The van der Waals surface area contributed by atoms with E-state index in [0.29, 0.717) is 17.0 Å². The van der Waals surface area contributed by atoms with Crippen LogP contribution < -0.4 is 39.0 Å². The zero-order chi connectivity index (χ0) is 13.3. The fourth-order valence-corrected chi connectivity index (χ4v) is 3.63. The van der Waals surface area contributed by atoms with Gasteiger partial charge in [0.25, 0.3) is 10.0 Å². The molecule has 0 fully saturated rings. The van der Waals surface area contributed by atoms with E-state index >= 15 is 0 Å². The minimum absolute atomic E-state index is 0. The van der Waals surface area contributed by atoms with Crippen LogP contribution in [0.1, 0.15) is 12.7 Å². The van der Waals surface area contributed by atoms with E-state index in [2.05, 4.69) is 9.88 Å². The summed E-state index contributed by atoms with van der Waals surface area (Å²) in [4.78, 5) is 0. The Morgan fingerprint density at radius 3 is 2.68 bits per heavy atom. The molecule has 6 nitrogen and oxygen atoms in total. The number of ether oxygens (including phenoxy) is 1. The number of nitrogens with one attached hydrogen (secondary N) is 1. The van der Waals surface area contributed by atoms with Gasteiger partial charge in [-0.05, 0) is 25.3 Å². The minimum Gasteiger partial charge on any atom is -1.00 e. The van der Waals surface area contributed by atoms with Crippen molar-refractivity contribution < 1.29 is 48.7 Å². The molecule has 19 heavy (non-hydrogen) atoms. The molecule has 0 aliphatic heterocycles. The maximum absolute atomic E-state index is 12.1. The van der Waals surface area contributed by atoms with Crippen molar-refractivity contribution in [2.24, 2.45) is 0 Å². The van der Waals surface area contributed by atoms with Crippen molar-refractivity contribution in [1.29, 1.82) is 0 Å². The second-order valence-corrected chi connectivity index (χ2v) is 6.40. The van der Waals surface area contributed by atoms with Gasteiger partial charge in [-0.2, -0.15) is 0 Å². The first-order chi connectivity index (χ1) is 8.45. The fourth-order valence-electron chi connectivity index (χ4n) is 1.31. The van der Waals surface area contributed by atoms with Gasteiger partial charge in [0, 0.05) is 5.56 Å². The molecule has 0 aliphatic carbocycles. The first-order valence-corrected chi connectivity index (χ1v) is 7.39. The average Bonchev–Trinajstić information content (AvgIpc) is 2.91. The molecule has 100 valence electrons. The van der Waals surface area contributed by atoms with E-state index in [1.165, 1.54) is 7.11 Å². The maximum Gasteiger partial charge on any atom is 1.00 e. The summed E-state index contributed by atoms with van der Waals surface area (Å²) in [6, 6.07) is 1.59. The molecule has 0 saturated heterocycles. The van der Waals surface area contributed by atoms with E-state index in [4.69, 9.17) is 9.26 Å². The molecule has 0 spiro atoms. The van der Waals surface area contributed by atoms with Crippen LogP contribution in [0.25, 0.3) is 0 Å². The molecule has 0 radical (unpaired) electrons. The van der Waals surface area contributed by atoms with Crippen LogP contribution in [0.2, 0.25) is 0 Å². The summed E-state index contributed by atoms with van der Waals surface area (Å²) in [5, 5.41) is 5.34. The molecule has 2 rings (SSSR count). The third-order valence-electron chi connectivity index (χ3n) is 2.44. The van der Waals surface area contributed by atoms with Crippen LogP contribution in [0.15, 0.2) is 20.2 Å². The molecule has 2 aromatic rings. The molecular formula is C10H13N2NaO4S2. The van der Waals surface area contributed by atoms with Crippen molar-refractivity contribution in [2.45, 2.75) is 18.1 Å². The molecular weight excluding hydrogens is 299 g/mol. The van der Waals surface area contributed by atoms with Gasteiger partial charge in [0.2, 0.25) is 5.88 Å². The van der Waals surface area contributed by atoms with Crippen LogP contribution in [-0.2, 0) is 10.0 Å². The SMILES string of the molecule is COc1ccsc1S(=O)(=O)Nc1onc(C)c1C.[H-].[Na+]. The third kappa shape index (κ3) is 3.32. The van der Waals surface area contributed by atoms with E-state index in [0.717, 1.165) is 11.3 Å². The van der Waals surface area contributed by atoms with Gasteiger partial charge in [-0.25, -0.2) is 13.1 Å². The zero-order valence-electron chi connectivity index (χ0n) is 12.1. The zero-order valence-corrected chi connectivity index (χ0v) is 14.7. The first-order valence-electron chi connectivity index (χ1n) is 5.03. The Bertz CT molecular complexity index is 669. The molecule has 0 aliphatic rings. The van der Waals surface area contributed by atoms with Gasteiger partial charge >= 0.3 is 29.6 Å². The van der Waals surface area contributed by atoms with Crippen molar-refractivity contribution in [3.63, 3.8) is 0 Å². The van der Waals surface area contributed by atoms with E-state index in [-0.39, 0.29) is 41.1 Å². The predicted molar refractivity (Wildman–Crippen MR) is 68.8 cm³/mol. The van der Waals surface area contributed by atoms with Crippen molar-refractivity contribution in [3.05, 3.63) is 22.7 Å². The number of thiophene rings is 1. The van der Waals surface area contributed by atoms with Gasteiger partial charge in [0.05, 0.1) is 12.8 Å². The molecule has 0 bridgehead atoms. The number of hydrogen-bond donors (Lipinski definition) is 1. The average molecular weight is 312 g/mol. The van der Waals surface area contributed by atoms with Gasteiger partial charge in [0.15, 0.2) is 4.21 Å². The number of nitrogens with zero attached hydrogens (tertiary/aromatic N) is 1. The minimum atomic E-state index is -3.71. The Morgan fingerprint density at radius 2 is 2.16 bits per heavy atom. The Morgan fingerprint density at radius 1 is 1.47 bits per heavy atom. The van der Waals surface area contributed by atoms with Crippen molar-refractivity contribution in [2.75, 3.05) is 11.8 Å². The van der Waals surface area contributed by atoms with Gasteiger partial charge < -0.3 is 10.7 Å². The smallest absolute Gasteiger partial charge is 1.00 e. The summed E-state index contributed by atoms with van der Waals surface area (Å²) in [7, 11) is -2.29. The third-order valence-corrected chi connectivity index (χ3v) is 5.22. The van der Waals surface area contributed by atoms with Gasteiger partial charge in [-0.1, -0.05) is 5.16 Å². The Balaban J connectivity index is 0.00000180. The number of sulfonamides is 1. The molecule has 0 unspecified atom stereocenters. The number of methoxy groups -OCH3 is 1. The van der Waals surface area contributed by atoms with Crippen molar-refractivity contribution in [1.82, 2.24) is 5.16 Å². The number of hydrogen-bond acceptors (Lipinski definition) is 6. The van der Waals surface area contributed by atoms with Crippen LogP contribution in [0, 0.1) is 13.8 Å². The summed E-state index contributed by atoms with van der Waals surface area (Å²) < 4.78 is 36.7. The standard InChI is InChI=1S/C10H12N2O4S2.Na.H/c1-6-7(2)11-16-9(6)12-18(13,14)10-8(15-3)4-5-17-10;;/h4-5,12H,1-3H3;;/q;+1;-1. The second kappa shape index (κ2) is 6.27. The topological polar surface area (TPSA) is 81.4 Å². The second-order valence-electron chi connectivity index (χ2n) is 3.60. The van der Waals surface area contributed by atoms with Crippen LogP contribution in [0.4, 0.5) is 5.88 Å². The molecule has 0 amide bonds. The van der Waals surface area contributed by atoms with Crippen molar-refractivity contribution >= 4 is 27.2 Å². The first kappa shape index (κ1) is 16.5. The summed E-state index contributed by atoms with van der Waals surface area (Å²) in [6.45, 7) is 3.47. The monoisotopic (exact) mass is 312 g/mol. The largest absolute Gasteiger partial charge is 1.00 e. The Kier molecular flexibility index (Phi) is 5.45. The van der Waals surface area contributed by atoms with Crippen LogP contribution in [0.5, 0.6) is 5.75 Å². The molecule has 2 aromatic heterocycles. The van der Waals surface area contributed by atoms with Crippen LogP contribution in [0.3, 0.4) is 0 Å². The van der Waals surface area contributed by atoms with Crippen LogP contribution >= 0.6 is 11.3 Å². The number of anilines is 1. The molecule has 9 heteroatoms. The van der Waals surface area contributed by atoms with Gasteiger partial charge in [0.1, 0.15) is 5.75 Å². The summed E-state index contributed by atoms with van der Waals surface area (Å²) in [6.07, 6.45) is 0. The Hall–Kier alpha value is -0.540. The molecule has 1 N–H and O–H groups in total. The number of rotatable bonds is 4. The fraction of sp³-hybridized carbons (Fsp3) is 0.300. The number of aryl methyl sites for hydroxylation is 1. The summed E-state index contributed by atoms with van der Waals surface area (Å²) in [5.74, 6) is 0.435. The predicted octanol–water partition coefficient (Wildman–Crippen LogP) is -0.721. The van der Waals surface area contributed by atoms with Gasteiger partial charge in [-0.15, -0.1) is 11.3 Å². The molecule has 2 heterocycles. The Labute approximate surface area is 139 Å². The summed E-state index contributed by atoms with van der Waals surface area (Å²) in [5.41, 5.74) is 1.31. The molecule has 0 saturated carbocycles. The van der Waals surface area contributed by atoms with Crippen molar-refractivity contribution in [3.8, 4) is 5.75 Å². The van der Waals surface area contributed by atoms with E-state index in [1.54, 1.807) is 25.3 Å². The normalized spacial score (nSPS) is 10.9.